The summed E-state index contributed by atoms with van der Waals surface area (Å²) in [5, 5.41) is 2.97. The molecule has 6 heteroatoms. The number of sulfone groups is 1. The number of hydrogen-bond donors (Lipinski definition) is 2. The lowest BCUT2D eigenvalue weighted by Crippen LogP contribution is -2.38. The van der Waals surface area contributed by atoms with Gasteiger partial charge in [0.15, 0.2) is 15.8 Å². The Morgan fingerprint density at radius 1 is 1.47 bits per heavy atom. The molecule has 5 nitrogen and oxygen atoms in total. The largest absolute Gasteiger partial charge is 0.370 e. The highest BCUT2D eigenvalue weighted by Gasteiger charge is 2.06. The molecule has 0 saturated carbocycles. The summed E-state index contributed by atoms with van der Waals surface area (Å²) in [5.74, 6) is 0.531. The number of hydrogen-bond acceptors (Lipinski definition) is 3. The summed E-state index contributed by atoms with van der Waals surface area (Å²) in [7, 11) is -2.94. The van der Waals surface area contributed by atoms with Crippen molar-refractivity contribution in [3.05, 3.63) is 0 Å². The van der Waals surface area contributed by atoms with Gasteiger partial charge in [0.05, 0.1) is 12.3 Å². The van der Waals surface area contributed by atoms with Crippen molar-refractivity contribution in [1.29, 1.82) is 0 Å². The number of aliphatic imine (C=N–C) groups is 1. The van der Waals surface area contributed by atoms with E-state index in [9.17, 15) is 8.42 Å². The van der Waals surface area contributed by atoms with Crippen LogP contribution in [-0.2, 0) is 9.84 Å². The molecule has 0 aliphatic heterocycles. The summed E-state index contributed by atoms with van der Waals surface area (Å²) < 4.78 is 22.3. The van der Waals surface area contributed by atoms with Crippen LogP contribution in [0, 0.1) is 0 Å². The van der Waals surface area contributed by atoms with Crippen molar-refractivity contribution in [3.63, 3.8) is 0 Å². The van der Waals surface area contributed by atoms with Gasteiger partial charge >= 0.3 is 0 Å². The Labute approximate surface area is 92.1 Å². The van der Waals surface area contributed by atoms with Crippen LogP contribution in [0.25, 0.3) is 0 Å². The molecule has 0 aliphatic carbocycles. The van der Waals surface area contributed by atoms with Crippen molar-refractivity contribution in [2.75, 3.05) is 18.1 Å². The summed E-state index contributed by atoms with van der Waals surface area (Å²) in [6.45, 7) is 5.88. The van der Waals surface area contributed by atoms with Crippen molar-refractivity contribution in [2.24, 2.45) is 10.7 Å². The Balaban J connectivity index is 3.97. The molecule has 0 aromatic rings. The molecule has 0 aliphatic rings. The smallest absolute Gasteiger partial charge is 0.188 e. The molecule has 1 unspecified atom stereocenters. The Morgan fingerprint density at radius 3 is 2.53 bits per heavy atom. The quantitative estimate of drug-likeness (QED) is 0.506. The lowest BCUT2D eigenvalue weighted by Gasteiger charge is -2.11. The second-order valence-corrected chi connectivity index (χ2v) is 5.93. The third-order valence-corrected chi connectivity index (χ3v) is 3.82. The fourth-order valence-electron chi connectivity index (χ4n) is 0.850. The van der Waals surface area contributed by atoms with E-state index >= 15 is 0 Å². The van der Waals surface area contributed by atoms with Crippen molar-refractivity contribution in [2.45, 2.75) is 33.2 Å². The fraction of sp³-hybridized carbons (Fsp3) is 0.889. The lowest BCUT2D eigenvalue weighted by molar-refractivity contribution is 0.597. The first kappa shape index (κ1) is 14.2. The molecule has 0 saturated heterocycles. The van der Waals surface area contributed by atoms with Gasteiger partial charge in [-0.05, 0) is 13.3 Å². The highest BCUT2D eigenvalue weighted by atomic mass is 32.2. The summed E-state index contributed by atoms with van der Waals surface area (Å²) in [5.41, 5.74) is 5.57. The van der Waals surface area contributed by atoms with E-state index in [0.717, 1.165) is 6.42 Å². The predicted octanol–water partition coefficient (Wildman–Crippen LogP) is 0.124. The van der Waals surface area contributed by atoms with E-state index in [-0.39, 0.29) is 24.1 Å². The Kier molecular flexibility index (Phi) is 6.31. The second-order valence-electron chi connectivity index (χ2n) is 3.46. The SMILES string of the molecule is CCC(C)NC(N)=NCCS(=O)(=O)CC. The molecule has 0 spiro atoms. The summed E-state index contributed by atoms with van der Waals surface area (Å²) in [4.78, 5) is 3.95. The van der Waals surface area contributed by atoms with E-state index in [4.69, 9.17) is 5.73 Å². The maximum Gasteiger partial charge on any atom is 0.188 e. The van der Waals surface area contributed by atoms with Crippen LogP contribution in [0.1, 0.15) is 27.2 Å². The van der Waals surface area contributed by atoms with E-state index in [1.165, 1.54) is 0 Å². The van der Waals surface area contributed by atoms with Gasteiger partial charge in [-0.1, -0.05) is 13.8 Å². The topological polar surface area (TPSA) is 84.5 Å². The zero-order chi connectivity index (χ0) is 11.9. The van der Waals surface area contributed by atoms with Crippen LogP contribution in [0.5, 0.6) is 0 Å². The Bertz CT molecular complexity index is 298. The minimum atomic E-state index is -2.94. The normalized spacial score (nSPS) is 15.0. The highest BCUT2D eigenvalue weighted by Crippen LogP contribution is 1.90. The molecule has 1 atom stereocenters. The molecule has 0 heterocycles. The van der Waals surface area contributed by atoms with Crippen LogP contribution >= 0.6 is 0 Å². The molecule has 0 bridgehead atoms. The molecular weight excluding hydrogens is 214 g/mol. The number of nitrogens with zero attached hydrogens (tertiary/aromatic N) is 1. The predicted molar refractivity (Wildman–Crippen MR) is 63.7 cm³/mol. The van der Waals surface area contributed by atoms with E-state index in [0.29, 0.717) is 5.96 Å². The van der Waals surface area contributed by atoms with Crippen LogP contribution in [0.2, 0.25) is 0 Å². The van der Waals surface area contributed by atoms with E-state index in [1.807, 2.05) is 13.8 Å². The van der Waals surface area contributed by atoms with Crippen LogP contribution < -0.4 is 11.1 Å². The molecule has 0 radical (unpaired) electrons. The molecule has 3 N–H and O–H groups in total. The average Bonchev–Trinajstić information content (AvgIpc) is 2.17. The van der Waals surface area contributed by atoms with Crippen molar-refractivity contribution >= 4 is 15.8 Å². The number of rotatable bonds is 6. The van der Waals surface area contributed by atoms with Crippen LogP contribution in [-0.4, -0.2) is 38.5 Å². The first-order valence-electron chi connectivity index (χ1n) is 5.18. The van der Waals surface area contributed by atoms with Crippen molar-refractivity contribution in [1.82, 2.24) is 5.32 Å². The first-order valence-corrected chi connectivity index (χ1v) is 7.00. The average molecular weight is 235 g/mol. The van der Waals surface area contributed by atoms with E-state index in [1.54, 1.807) is 6.92 Å². The summed E-state index contributed by atoms with van der Waals surface area (Å²) >= 11 is 0. The van der Waals surface area contributed by atoms with Crippen molar-refractivity contribution in [3.8, 4) is 0 Å². The van der Waals surface area contributed by atoms with Gasteiger partial charge in [0, 0.05) is 11.8 Å². The minimum Gasteiger partial charge on any atom is -0.370 e. The van der Waals surface area contributed by atoms with Gasteiger partial charge < -0.3 is 11.1 Å². The van der Waals surface area contributed by atoms with Gasteiger partial charge in [-0.25, -0.2) is 8.42 Å². The standard InChI is InChI=1S/C9H21N3O2S/c1-4-8(3)12-9(10)11-6-7-15(13,14)5-2/h8H,4-7H2,1-3H3,(H3,10,11,12). The van der Waals surface area contributed by atoms with Gasteiger partial charge in [-0.3, -0.25) is 4.99 Å². The molecule has 0 fully saturated rings. The minimum absolute atomic E-state index is 0.0619. The van der Waals surface area contributed by atoms with Gasteiger partial charge in [0.2, 0.25) is 0 Å². The zero-order valence-electron chi connectivity index (χ0n) is 9.66. The summed E-state index contributed by atoms with van der Waals surface area (Å²) in [6, 6.07) is 0.261. The molecule has 0 aromatic carbocycles. The molecule has 0 amide bonds. The van der Waals surface area contributed by atoms with Crippen LogP contribution in [0.3, 0.4) is 0 Å². The van der Waals surface area contributed by atoms with Crippen LogP contribution in [0.4, 0.5) is 0 Å². The molecule has 0 aromatic heterocycles. The maximum absolute atomic E-state index is 11.1. The Hall–Kier alpha value is -0.780. The van der Waals surface area contributed by atoms with Crippen molar-refractivity contribution < 1.29 is 8.42 Å². The maximum atomic E-state index is 11.1. The molecule has 90 valence electrons. The van der Waals surface area contributed by atoms with E-state index < -0.39 is 9.84 Å². The number of nitrogens with one attached hydrogen (secondary N) is 1. The second kappa shape index (κ2) is 6.66. The molecule has 15 heavy (non-hydrogen) atoms. The third kappa shape index (κ3) is 7.18. The van der Waals surface area contributed by atoms with Gasteiger partial charge in [0.25, 0.3) is 0 Å². The van der Waals surface area contributed by atoms with Gasteiger partial charge in [0.1, 0.15) is 0 Å². The lowest BCUT2D eigenvalue weighted by atomic mass is 10.3. The van der Waals surface area contributed by atoms with Gasteiger partial charge in [-0.2, -0.15) is 0 Å². The first-order chi connectivity index (χ1) is 6.91. The number of nitrogens with two attached hydrogens (primary N) is 1. The van der Waals surface area contributed by atoms with Crippen LogP contribution in [0.15, 0.2) is 4.99 Å². The van der Waals surface area contributed by atoms with E-state index in [2.05, 4.69) is 10.3 Å². The highest BCUT2D eigenvalue weighted by molar-refractivity contribution is 7.91. The van der Waals surface area contributed by atoms with Gasteiger partial charge in [-0.15, -0.1) is 0 Å². The monoisotopic (exact) mass is 235 g/mol. The third-order valence-electron chi connectivity index (χ3n) is 2.13. The number of guanidine groups is 1. The summed E-state index contributed by atoms with van der Waals surface area (Å²) in [6.07, 6.45) is 0.948. The molecular formula is C9H21N3O2S. The molecule has 0 rings (SSSR count). The Morgan fingerprint density at radius 2 is 2.07 bits per heavy atom. The zero-order valence-corrected chi connectivity index (χ0v) is 10.5. The fourth-order valence-corrected chi connectivity index (χ4v) is 1.51.